The van der Waals surface area contributed by atoms with Crippen molar-refractivity contribution in [2.75, 3.05) is 32.0 Å². The van der Waals surface area contributed by atoms with Crippen molar-refractivity contribution >= 4 is 22.9 Å². The van der Waals surface area contributed by atoms with E-state index in [2.05, 4.69) is 28.6 Å². The van der Waals surface area contributed by atoms with Crippen molar-refractivity contribution < 1.29 is 9.59 Å². The predicted molar refractivity (Wildman–Crippen MR) is 118 cm³/mol. The minimum Gasteiger partial charge on any atom is -0.326 e. The molecule has 0 radical (unpaired) electrons. The Balaban J connectivity index is 1.41. The summed E-state index contributed by atoms with van der Waals surface area (Å²) < 4.78 is 2.02. The van der Waals surface area contributed by atoms with Gasteiger partial charge in [-0.3, -0.25) is 9.59 Å². The highest BCUT2D eigenvalue weighted by atomic mass is 16.2. The third-order valence-corrected chi connectivity index (χ3v) is 6.27. The number of ketones is 1. The van der Waals surface area contributed by atoms with Gasteiger partial charge in [-0.25, -0.2) is 0 Å². The second-order valence-electron chi connectivity index (χ2n) is 8.39. The second-order valence-corrected chi connectivity index (χ2v) is 8.39. The molecule has 6 nitrogen and oxygen atoms in total. The molecule has 0 aliphatic carbocycles. The Morgan fingerprint density at radius 1 is 1.07 bits per heavy atom. The zero-order chi connectivity index (χ0) is 20.7. The van der Waals surface area contributed by atoms with E-state index in [0.29, 0.717) is 13.1 Å². The number of pyridine rings is 1. The number of nitrogens with one attached hydrogen (secondary N) is 2. The smallest absolute Gasteiger partial charge is 0.228 e. The van der Waals surface area contributed by atoms with Crippen LogP contribution in [0, 0.1) is 5.92 Å². The highest BCUT2D eigenvalue weighted by molar-refractivity contribution is 6.06. The third kappa shape index (κ3) is 3.42. The number of benzene rings is 1. The van der Waals surface area contributed by atoms with Crippen molar-refractivity contribution in [2.24, 2.45) is 5.92 Å². The Labute approximate surface area is 175 Å². The molecular formula is C24H26N4O2. The van der Waals surface area contributed by atoms with Gasteiger partial charge < -0.3 is 19.9 Å². The fraction of sp³-hybridized carbons (Fsp3) is 0.333. The van der Waals surface area contributed by atoms with Crippen LogP contribution in [0.15, 0.2) is 48.8 Å². The average Bonchev–Trinajstić information content (AvgIpc) is 3.11. The number of piperidine rings is 1. The van der Waals surface area contributed by atoms with E-state index < -0.39 is 0 Å². The molecule has 1 aromatic carbocycles. The van der Waals surface area contributed by atoms with Crippen LogP contribution in [-0.2, 0) is 11.3 Å². The van der Waals surface area contributed by atoms with E-state index in [1.54, 1.807) is 0 Å². The first-order chi connectivity index (χ1) is 14.6. The summed E-state index contributed by atoms with van der Waals surface area (Å²) in [4.78, 5) is 27.2. The van der Waals surface area contributed by atoms with Gasteiger partial charge in [0, 0.05) is 36.7 Å². The van der Waals surface area contributed by atoms with E-state index in [4.69, 9.17) is 0 Å². The quantitative estimate of drug-likeness (QED) is 0.706. The molecule has 3 aromatic rings. The van der Waals surface area contributed by atoms with Crippen molar-refractivity contribution in [1.82, 2.24) is 14.6 Å². The Hall–Kier alpha value is -2.96. The number of carbonyl (C=O) groups excluding carboxylic acids is 2. The van der Waals surface area contributed by atoms with Gasteiger partial charge in [0.1, 0.15) is 0 Å². The number of rotatable bonds is 3. The minimum absolute atomic E-state index is 0.0513. The minimum atomic E-state index is 0.0513. The SMILES string of the molecule is CN1CCC[C@H](C(=O)Nc2ccc(-c3ccn4ccc5c4c3CNCC5=O)cc2)C1. The van der Waals surface area contributed by atoms with Gasteiger partial charge in [0.05, 0.1) is 18.0 Å². The monoisotopic (exact) mass is 402 g/mol. The summed E-state index contributed by atoms with van der Waals surface area (Å²) in [5, 5.41) is 6.33. The fourth-order valence-corrected chi connectivity index (χ4v) is 4.70. The van der Waals surface area contributed by atoms with Gasteiger partial charge >= 0.3 is 0 Å². The zero-order valence-corrected chi connectivity index (χ0v) is 17.1. The number of hydrogen-bond acceptors (Lipinski definition) is 4. The molecular weight excluding hydrogens is 376 g/mol. The molecule has 4 heterocycles. The van der Waals surface area contributed by atoms with Gasteiger partial charge in [0.15, 0.2) is 5.78 Å². The first-order valence-corrected chi connectivity index (χ1v) is 10.6. The second kappa shape index (κ2) is 7.70. The van der Waals surface area contributed by atoms with Crippen LogP contribution < -0.4 is 10.6 Å². The third-order valence-electron chi connectivity index (χ3n) is 6.27. The molecule has 2 N–H and O–H groups in total. The fourth-order valence-electron chi connectivity index (χ4n) is 4.70. The van der Waals surface area contributed by atoms with E-state index in [1.165, 1.54) is 0 Å². The lowest BCUT2D eigenvalue weighted by molar-refractivity contribution is -0.121. The number of anilines is 1. The lowest BCUT2D eigenvalue weighted by Gasteiger charge is -2.28. The molecule has 154 valence electrons. The van der Waals surface area contributed by atoms with Crippen LogP contribution >= 0.6 is 0 Å². The molecule has 5 rings (SSSR count). The van der Waals surface area contributed by atoms with Gasteiger partial charge in [0.2, 0.25) is 5.91 Å². The molecule has 6 heteroatoms. The van der Waals surface area contributed by atoms with E-state index >= 15 is 0 Å². The van der Waals surface area contributed by atoms with Crippen LogP contribution in [-0.4, -0.2) is 47.7 Å². The summed E-state index contributed by atoms with van der Waals surface area (Å²) in [5.41, 5.74) is 5.90. The molecule has 1 amide bonds. The molecule has 2 aliphatic rings. The maximum absolute atomic E-state index is 12.6. The molecule has 1 saturated heterocycles. The maximum atomic E-state index is 12.6. The normalized spacial score (nSPS) is 19.6. The van der Waals surface area contributed by atoms with Gasteiger partial charge in [-0.1, -0.05) is 12.1 Å². The highest BCUT2D eigenvalue weighted by Gasteiger charge is 2.24. The summed E-state index contributed by atoms with van der Waals surface area (Å²) in [5.74, 6) is 0.276. The van der Waals surface area contributed by atoms with E-state index in [9.17, 15) is 9.59 Å². The van der Waals surface area contributed by atoms with Crippen molar-refractivity contribution in [1.29, 1.82) is 0 Å². The van der Waals surface area contributed by atoms with Crippen LogP contribution in [0.3, 0.4) is 0 Å². The first-order valence-electron chi connectivity index (χ1n) is 10.6. The topological polar surface area (TPSA) is 65.8 Å². The first kappa shape index (κ1) is 19.0. The summed E-state index contributed by atoms with van der Waals surface area (Å²) in [6, 6.07) is 12.0. The number of Topliss-reactive ketones (excluding diaryl/α,β-unsaturated/α-hetero) is 1. The molecule has 0 unspecified atom stereocenters. The number of likely N-dealkylation sites (tertiary alicyclic amines) is 1. The molecule has 0 saturated carbocycles. The van der Waals surface area contributed by atoms with Crippen LogP contribution in [0.1, 0.15) is 28.8 Å². The van der Waals surface area contributed by atoms with Gasteiger partial charge in [-0.05, 0) is 67.4 Å². The molecule has 2 aliphatic heterocycles. The lowest BCUT2D eigenvalue weighted by atomic mass is 9.97. The van der Waals surface area contributed by atoms with E-state index in [1.807, 2.05) is 47.1 Å². The van der Waals surface area contributed by atoms with Crippen LogP contribution in [0.5, 0.6) is 0 Å². The van der Waals surface area contributed by atoms with Crippen molar-refractivity contribution in [3.63, 3.8) is 0 Å². The lowest BCUT2D eigenvalue weighted by Crippen LogP contribution is -2.38. The van der Waals surface area contributed by atoms with E-state index in [0.717, 1.165) is 59.4 Å². The maximum Gasteiger partial charge on any atom is 0.228 e. The summed E-state index contributed by atoms with van der Waals surface area (Å²) in [7, 11) is 2.07. The molecule has 1 fully saturated rings. The molecule has 30 heavy (non-hydrogen) atoms. The van der Waals surface area contributed by atoms with Crippen LogP contribution in [0.4, 0.5) is 5.69 Å². The number of carbonyl (C=O) groups is 2. The number of hydrogen-bond donors (Lipinski definition) is 2. The van der Waals surface area contributed by atoms with Gasteiger partial charge in [0.25, 0.3) is 0 Å². The summed E-state index contributed by atoms with van der Waals surface area (Å²) in [6.07, 6.45) is 5.97. The van der Waals surface area contributed by atoms with Crippen molar-refractivity contribution in [2.45, 2.75) is 19.4 Å². The highest BCUT2D eigenvalue weighted by Crippen LogP contribution is 2.31. The largest absolute Gasteiger partial charge is 0.326 e. The molecule has 2 aromatic heterocycles. The van der Waals surface area contributed by atoms with Gasteiger partial charge in [-0.15, -0.1) is 0 Å². The number of amides is 1. The van der Waals surface area contributed by atoms with Crippen molar-refractivity contribution in [3.05, 3.63) is 59.9 Å². The Morgan fingerprint density at radius 2 is 1.83 bits per heavy atom. The molecule has 1 atom stereocenters. The Bertz CT molecular complexity index is 1120. The van der Waals surface area contributed by atoms with Gasteiger partial charge in [-0.2, -0.15) is 0 Å². The summed E-state index contributed by atoms with van der Waals surface area (Å²) >= 11 is 0. The predicted octanol–water partition coefficient (Wildman–Crippen LogP) is 3.17. The Kier molecular flexibility index (Phi) is 4.89. The number of aromatic nitrogens is 1. The Morgan fingerprint density at radius 3 is 2.60 bits per heavy atom. The summed E-state index contributed by atoms with van der Waals surface area (Å²) in [6.45, 7) is 2.89. The van der Waals surface area contributed by atoms with Crippen LogP contribution in [0.2, 0.25) is 0 Å². The molecule has 0 spiro atoms. The van der Waals surface area contributed by atoms with Crippen molar-refractivity contribution in [3.8, 4) is 11.1 Å². The molecule has 0 bridgehead atoms. The average molecular weight is 402 g/mol. The van der Waals surface area contributed by atoms with Crippen LogP contribution in [0.25, 0.3) is 16.6 Å². The number of nitrogens with zero attached hydrogens (tertiary/aromatic N) is 2. The zero-order valence-electron chi connectivity index (χ0n) is 17.1. The van der Waals surface area contributed by atoms with E-state index in [-0.39, 0.29) is 17.6 Å². The standard InChI is InChI=1S/C24H26N4O2/c1-27-10-2-3-17(15-27)24(30)26-18-6-4-16(5-7-18)19-8-11-28-12-9-20-22(29)14-25-13-21(19)23(20)28/h4-9,11-12,17,25H,2-3,10,13-15H2,1H3,(H,26,30)/t17-/m0/s1.